The number of halogens is 1. The third-order valence-corrected chi connectivity index (χ3v) is 5.28. The van der Waals surface area contributed by atoms with Crippen LogP contribution in [0.1, 0.15) is 34.8 Å². The lowest BCUT2D eigenvalue weighted by Gasteiger charge is -2.19. The van der Waals surface area contributed by atoms with Gasteiger partial charge in [0.25, 0.3) is 0 Å². The molecule has 0 saturated carbocycles. The molecule has 150 valence electrons. The summed E-state index contributed by atoms with van der Waals surface area (Å²) < 4.78 is 4.79. The van der Waals surface area contributed by atoms with Gasteiger partial charge in [0, 0.05) is 16.1 Å². The van der Waals surface area contributed by atoms with E-state index in [0.717, 1.165) is 33.3 Å². The van der Waals surface area contributed by atoms with E-state index >= 15 is 0 Å². The van der Waals surface area contributed by atoms with Gasteiger partial charge in [-0.2, -0.15) is 0 Å². The molecule has 0 aliphatic rings. The Bertz CT molecular complexity index is 1050. The van der Waals surface area contributed by atoms with Crippen molar-refractivity contribution in [3.05, 3.63) is 75.9 Å². The molecule has 0 fully saturated rings. The molecule has 3 aromatic rings. The molecule has 3 rings (SSSR count). The largest absolute Gasteiger partial charge is 0.469 e. The molecule has 1 atom stereocenters. The average molecular weight is 411 g/mol. The zero-order chi connectivity index (χ0) is 21.0. The van der Waals surface area contributed by atoms with Crippen LogP contribution in [-0.2, 0) is 20.7 Å². The van der Waals surface area contributed by atoms with Crippen molar-refractivity contribution in [2.75, 3.05) is 7.11 Å². The Hall–Kier alpha value is -2.92. The number of nitrogens with one attached hydrogen (secondary N) is 1. The number of amides is 1. The van der Waals surface area contributed by atoms with Gasteiger partial charge in [0.2, 0.25) is 5.91 Å². The number of benzene rings is 2. The summed E-state index contributed by atoms with van der Waals surface area (Å²) in [5.74, 6) is -0.581. The highest BCUT2D eigenvalue weighted by atomic mass is 35.5. The number of hydrogen-bond acceptors (Lipinski definition) is 4. The van der Waals surface area contributed by atoms with Crippen molar-refractivity contribution in [1.29, 1.82) is 0 Å². The van der Waals surface area contributed by atoms with Crippen LogP contribution in [0.25, 0.3) is 10.9 Å². The Kier molecular flexibility index (Phi) is 6.49. The number of nitrogens with zero attached hydrogens (tertiary/aromatic N) is 1. The van der Waals surface area contributed by atoms with Gasteiger partial charge in [-0.25, -0.2) is 0 Å². The van der Waals surface area contributed by atoms with E-state index in [1.54, 1.807) is 24.3 Å². The lowest BCUT2D eigenvalue weighted by Crippen LogP contribution is -2.32. The second-order valence-electron chi connectivity index (χ2n) is 6.95. The quantitative estimate of drug-likeness (QED) is 0.609. The molecule has 0 aliphatic heterocycles. The molecular weight excluding hydrogens is 388 g/mol. The number of hydrogen-bond donors (Lipinski definition) is 1. The number of methoxy groups -OCH3 is 1. The molecule has 1 N–H and O–H groups in total. The van der Waals surface area contributed by atoms with Crippen LogP contribution in [-0.4, -0.2) is 24.0 Å². The number of pyridine rings is 1. The Labute approximate surface area is 175 Å². The van der Waals surface area contributed by atoms with Gasteiger partial charge < -0.3 is 10.1 Å². The van der Waals surface area contributed by atoms with E-state index in [2.05, 4.69) is 10.3 Å². The van der Waals surface area contributed by atoms with Gasteiger partial charge in [-0.15, -0.1) is 0 Å². The highest BCUT2D eigenvalue weighted by Gasteiger charge is 2.20. The molecule has 1 amide bonds. The van der Waals surface area contributed by atoms with Crippen LogP contribution in [0.3, 0.4) is 0 Å². The molecule has 1 heterocycles. The predicted octanol–water partition coefficient (Wildman–Crippen LogP) is 4.47. The number of ether oxygens (including phenoxy) is 1. The molecule has 0 aliphatic carbocycles. The molecule has 0 bridgehead atoms. The predicted molar refractivity (Wildman–Crippen MR) is 114 cm³/mol. The Balaban J connectivity index is 1.84. The van der Waals surface area contributed by atoms with Crippen LogP contribution >= 0.6 is 11.6 Å². The molecule has 29 heavy (non-hydrogen) atoms. The number of carbonyl (C=O) groups excluding carboxylic acids is 2. The van der Waals surface area contributed by atoms with E-state index in [-0.39, 0.29) is 18.7 Å². The van der Waals surface area contributed by atoms with E-state index in [1.807, 2.05) is 38.1 Å². The summed E-state index contributed by atoms with van der Waals surface area (Å²) in [5, 5.41) is 4.58. The van der Waals surface area contributed by atoms with E-state index in [4.69, 9.17) is 16.3 Å². The summed E-state index contributed by atoms with van der Waals surface area (Å²) in [6.07, 6.45) is 0.221. The minimum atomic E-state index is -0.499. The fourth-order valence-corrected chi connectivity index (χ4v) is 3.56. The third-order valence-electron chi connectivity index (χ3n) is 5.03. The van der Waals surface area contributed by atoms with Crippen molar-refractivity contribution in [3.8, 4) is 0 Å². The van der Waals surface area contributed by atoms with Crippen molar-refractivity contribution < 1.29 is 14.3 Å². The van der Waals surface area contributed by atoms with Crippen LogP contribution in [0.5, 0.6) is 0 Å². The normalized spacial score (nSPS) is 11.9. The minimum Gasteiger partial charge on any atom is -0.469 e. The number of fused-ring (bicyclic) bond motifs is 1. The van der Waals surface area contributed by atoms with Gasteiger partial charge >= 0.3 is 5.97 Å². The summed E-state index contributed by atoms with van der Waals surface area (Å²) in [6.45, 7) is 3.91. The molecular formula is C23H23ClN2O3. The fraction of sp³-hybridized carbons (Fsp3) is 0.261. The standard InChI is InChI=1S/C23H23ClN2O3/c1-14-18-6-4-5-7-20(18)25-15(2)19(14)12-22(27)26-21(13-23(28)29-3)16-8-10-17(24)11-9-16/h4-11,21H,12-13H2,1-3H3,(H,26,27). The van der Waals surface area contributed by atoms with Gasteiger partial charge in [-0.1, -0.05) is 41.9 Å². The summed E-state index contributed by atoms with van der Waals surface area (Å²) in [7, 11) is 1.33. The molecule has 0 saturated heterocycles. The molecule has 1 aromatic heterocycles. The molecule has 0 spiro atoms. The van der Waals surface area contributed by atoms with Gasteiger partial charge in [-0.3, -0.25) is 14.6 Å². The topological polar surface area (TPSA) is 68.3 Å². The van der Waals surface area contributed by atoms with Crippen LogP contribution in [0.15, 0.2) is 48.5 Å². The fourth-order valence-electron chi connectivity index (χ4n) is 3.43. The summed E-state index contributed by atoms with van der Waals surface area (Å²) in [6, 6.07) is 14.4. The molecule has 2 aromatic carbocycles. The number of esters is 1. The number of para-hydroxylation sites is 1. The number of rotatable bonds is 6. The summed E-state index contributed by atoms with van der Waals surface area (Å²) >= 11 is 5.96. The maximum absolute atomic E-state index is 12.9. The van der Waals surface area contributed by atoms with Crippen molar-refractivity contribution in [2.24, 2.45) is 0 Å². The maximum atomic E-state index is 12.9. The van der Waals surface area contributed by atoms with Gasteiger partial charge in [0.05, 0.1) is 31.5 Å². The van der Waals surface area contributed by atoms with Crippen molar-refractivity contribution in [2.45, 2.75) is 32.7 Å². The van der Waals surface area contributed by atoms with E-state index < -0.39 is 12.0 Å². The second-order valence-corrected chi connectivity index (χ2v) is 7.38. The smallest absolute Gasteiger partial charge is 0.307 e. The average Bonchev–Trinajstić information content (AvgIpc) is 2.71. The first-order chi connectivity index (χ1) is 13.9. The lowest BCUT2D eigenvalue weighted by molar-refractivity contribution is -0.141. The zero-order valence-electron chi connectivity index (χ0n) is 16.7. The Morgan fingerprint density at radius 1 is 1.10 bits per heavy atom. The van der Waals surface area contributed by atoms with Crippen LogP contribution in [0, 0.1) is 13.8 Å². The lowest BCUT2D eigenvalue weighted by atomic mass is 9.98. The number of carbonyl (C=O) groups is 2. The Morgan fingerprint density at radius 3 is 2.48 bits per heavy atom. The maximum Gasteiger partial charge on any atom is 0.307 e. The molecule has 5 nitrogen and oxygen atoms in total. The zero-order valence-corrected chi connectivity index (χ0v) is 17.4. The first-order valence-corrected chi connectivity index (χ1v) is 9.73. The third kappa shape index (κ3) is 4.93. The van der Waals surface area contributed by atoms with Crippen LogP contribution in [0.4, 0.5) is 0 Å². The van der Waals surface area contributed by atoms with Crippen LogP contribution < -0.4 is 5.32 Å². The first-order valence-electron chi connectivity index (χ1n) is 9.35. The van der Waals surface area contributed by atoms with Gasteiger partial charge in [-0.05, 0) is 48.7 Å². The van der Waals surface area contributed by atoms with Gasteiger partial charge in [0.1, 0.15) is 0 Å². The van der Waals surface area contributed by atoms with Crippen molar-refractivity contribution in [3.63, 3.8) is 0 Å². The van der Waals surface area contributed by atoms with Gasteiger partial charge in [0.15, 0.2) is 0 Å². The number of aryl methyl sites for hydroxylation is 2. The molecule has 6 heteroatoms. The SMILES string of the molecule is COC(=O)CC(NC(=O)Cc1c(C)nc2ccccc2c1C)c1ccc(Cl)cc1. The molecule has 0 radical (unpaired) electrons. The van der Waals surface area contributed by atoms with Crippen molar-refractivity contribution in [1.82, 2.24) is 10.3 Å². The van der Waals surface area contributed by atoms with Crippen molar-refractivity contribution >= 4 is 34.4 Å². The molecule has 1 unspecified atom stereocenters. The number of aromatic nitrogens is 1. The minimum absolute atomic E-state index is 0.0395. The van der Waals surface area contributed by atoms with Crippen LogP contribution in [0.2, 0.25) is 5.02 Å². The first kappa shape index (κ1) is 20.8. The van der Waals surface area contributed by atoms with E-state index in [1.165, 1.54) is 7.11 Å². The monoisotopic (exact) mass is 410 g/mol. The second kappa shape index (κ2) is 9.05. The van der Waals surface area contributed by atoms with E-state index in [9.17, 15) is 9.59 Å². The Morgan fingerprint density at radius 2 is 1.79 bits per heavy atom. The summed E-state index contributed by atoms with van der Waals surface area (Å²) in [5.41, 5.74) is 4.47. The summed E-state index contributed by atoms with van der Waals surface area (Å²) in [4.78, 5) is 29.3. The van der Waals surface area contributed by atoms with E-state index in [0.29, 0.717) is 5.02 Å². The highest BCUT2D eigenvalue weighted by Crippen LogP contribution is 2.24. The highest BCUT2D eigenvalue weighted by molar-refractivity contribution is 6.30.